The first kappa shape index (κ1) is 15.7. The molecule has 0 aliphatic carbocycles. The number of allylic oxidation sites excluding steroid dienone is 3. The predicted molar refractivity (Wildman–Crippen MR) is 111 cm³/mol. The van der Waals surface area contributed by atoms with Crippen molar-refractivity contribution >= 4 is 27.6 Å². The molecule has 0 N–H and O–H groups in total. The van der Waals surface area contributed by atoms with Gasteiger partial charge in [0.2, 0.25) is 0 Å². The Hall–Kier alpha value is -2.77. The third-order valence-corrected chi connectivity index (χ3v) is 5.21. The van der Waals surface area contributed by atoms with E-state index in [0.717, 1.165) is 0 Å². The van der Waals surface area contributed by atoms with Crippen molar-refractivity contribution in [2.45, 2.75) is 0 Å². The molecule has 0 spiro atoms. The lowest BCUT2D eigenvalue weighted by Crippen LogP contribution is -1.91. The minimum Gasteiger partial charge on any atom is -0.0888 e. The zero-order valence-corrected chi connectivity index (χ0v) is 14.6. The molecule has 1 heterocycles. The molecule has 0 bridgehead atoms. The van der Waals surface area contributed by atoms with Gasteiger partial charge in [0.25, 0.3) is 0 Å². The van der Waals surface area contributed by atoms with Crippen LogP contribution in [0.5, 0.6) is 0 Å². The van der Waals surface area contributed by atoms with Crippen LogP contribution in [0.25, 0.3) is 15.9 Å². The van der Waals surface area contributed by atoms with E-state index >= 15 is 0 Å². The van der Waals surface area contributed by atoms with E-state index in [2.05, 4.69) is 109 Å². The molecule has 3 aromatic rings. The number of rotatable bonds is 3. The quantitative estimate of drug-likeness (QED) is 0.500. The summed E-state index contributed by atoms with van der Waals surface area (Å²) >= 11 is 1.83. The highest BCUT2D eigenvalue weighted by Gasteiger charge is 2.14. The number of hydrogen-bond acceptors (Lipinski definition) is 1. The Morgan fingerprint density at radius 3 is 1.44 bits per heavy atom. The minimum atomic E-state index is 1.22. The maximum atomic E-state index is 2.28. The average molecular weight is 338 g/mol. The van der Waals surface area contributed by atoms with Gasteiger partial charge in [-0.15, -0.1) is 0 Å². The molecule has 0 fully saturated rings. The molecule has 0 saturated heterocycles. The van der Waals surface area contributed by atoms with Gasteiger partial charge in [-0.3, -0.25) is 0 Å². The summed E-state index contributed by atoms with van der Waals surface area (Å²) in [6.45, 7) is 0. The lowest BCUT2D eigenvalue weighted by molar-refractivity contribution is 1.60. The number of thioether (sulfide) groups is 1. The van der Waals surface area contributed by atoms with Gasteiger partial charge in [0.05, 0.1) is 0 Å². The van der Waals surface area contributed by atoms with Gasteiger partial charge in [0.1, 0.15) is 0 Å². The fourth-order valence-electron chi connectivity index (χ4n) is 2.84. The zero-order valence-electron chi connectivity index (χ0n) is 13.8. The molecule has 4 rings (SSSR count). The van der Waals surface area contributed by atoms with E-state index in [9.17, 15) is 0 Å². The highest BCUT2D eigenvalue weighted by atomic mass is 32.2. The van der Waals surface area contributed by atoms with Gasteiger partial charge in [-0.25, -0.2) is 0 Å². The molecule has 1 aliphatic rings. The van der Waals surface area contributed by atoms with Gasteiger partial charge in [-0.1, -0.05) is 103 Å². The summed E-state index contributed by atoms with van der Waals surface area (Å²) in [5.74, 6) is 0. The van der Waals surface area contributed by atoms with E-state index in [4.69, 9.17) is 0 Å². The SMILES string of the molecule is C(=C1C=C(c2ccccc2)SC(c2ccccc2)=C1)c1ccccc1. The van der Waals surface area contributed by atoms with Crippen molar-refractivity contribution in [2.75, 3.05) is 0 Å². The lowest BCUT2D eigenvalue weighted by atomic mass is 10.1. The van der Waals surface area contributed by atoms with E-state index in [1.807, 2.05) is 11.8 Å². The monoisotopic (exact) mass is 338 g/mol. The van der Waals surface area contributed by atoms with Crippen LogP contribution in [0.3, 0.4) is 0 Å². The fraction of sp³-hybridized carbons (Fsp3) is 0. The molecule has 0 unspecified atom stereocenters. The van der Waals surface area contributed by atoms with E-state index in [-0.39, 0.29) is 0 Å². The molecule has 120 valence electrons. The van der Waals surface area contributed by atoms with Gasteiger partial charge in [0.15, 0.2) is 0 Å². The minimum absolute atomic E-state index is 1.22. The molecule has 0 aromatic heterocycles. The van der Waals surface area contributed by atoms with Crippen LogP contribution in [0.15, 0.2) is 109 Å². The van der Waals surface area contributed by atoms with Crippen molar-refractivity contribution in [1.82, 2.24) is 0 Å². The van der Waals surface area contributed by atoms with Crippen LogP contribution in [0, 0.1) is 0 Å². The molecule has 1 aliphatic heterocycles. The Kier molecular flexibility index (Phi) is 4.67. The lowest BCUT2D eigenvalue weighted by Gasteiger charge is -2.17. The van der Waals surface area contributed by atoms with Gasteiger partial charge in [0, 0.05) is 9.81 Å². The van der Waals surface area contributed by atoms with Crippen LogP contribution in [0.4, 0.5) is 0 Å². The summed E-state index contributed by atoms with van der Waals surface area (Å²) in [5, 5.41) is 0. The first-order valence-corrected chi connectivity index (χ1v) is 9.19. The highest BCUT2D eigenvalue weighted by Crippen LogP contribution is 2.44. The van der Waals surface area contributed by atoms with Gasteiger partial charge in [-0.05, 0) is 40.5 Å². The van der Waals surface area contributed by atoms with E-state index in [1.165, 1.54) is 32.1 Å². The van der Waals surface area contributed by atoms with Crippen molar-refractivity contribution in [3.8, 4) is 0 Å². The smallest absolute Gasteiger partial charge is 0.0200 e. The van der Waals surface area contributed by atoms with Gasteiger partial charge < -0.3 is 0 Å². The summed E-state index contributed by atoms with van der Waals surface area (Å²) in [4.78, 5) is 2.56. The van der Waals surface area contributed by atoms with Gasteiger partial charge in [-0.2, -0.15) is 0 Å². The van der Waals surface area contributed by atoms with Crippen molar-refractivity contribution in [3.63, 3.8) is 0 Å². The van der Waals surface area contributed by atoms with Crippen LogP contribution in [-0.2, 0) is 0 Å². The van der Waals surface area contributed by atoms with Crippen molar-refractivity contribution in [2.24, 2.45) is 0 Å². The van der Waals surface area contributed by atoms with Crippen LogP contribution in [0.1, 0.15) is 16.7 Å². The van der Waals surface area contributed by atoms with Crippen molar-refractivity contribution in [1.29, 1.82) is 0 Å². The van der Waals surface area contributed by atoms with Gasteiger partial charge >= 0.3 is 0 Å². The third kappa shape index (κ3) is 3.84. The normalized spacial score (nSPS) is 13.8. The summed E-state index contributed by atoms with van der Waals surface area (Å²) in [6, 6.07) is 31.7. The van der Waals surface area contributed by atoms with Crippen LogP contribution >= 0.6 is 11.8 Å². The average Bonchev–Trinajstić information content (AvgIpc) is 2.70. The molecular weight excluding hydrogens is 320 g/mol. The van der Waals surface area contributed by atoms with E-state index in [1.54, 1.807) is 0 Å². The molecule has 0 saturated carbocycles. The summed E-state index contributed by atoms with van der Waals surface area (Å²) in [6.07, 6.45) is 6.80. The number of hydrogen-bond donors (Lipinski definition) is 0. The second kappa shape index (κ2) is 7.42. The van der Waals surface area contributed by atoms with E-state index in [0.29, 0.717) is 0 Å². The van der Waals surface area contributed by atoms with Crippen LogP contribution in [0.2, 0.25) is 0 Å². The number of benzene rings is 3. The summed E-state index contributed by atoms with van der Waals surface area (Å²) < 4.78 is 0. The largest absolute Gasteiger partial charge is 0.0888 e. The molecular formula is C24H18S. The fourth-order valence-corrected chi connectivity index (χ4v) is 3.97. The Bertz CT molecular complexity index is 876. The first-order chi connectivity index (χ1) is 12.4. The van der Waals surface area contributed by atoms with E-state index < -0.39 is 0 Å². The predicted octanol–water partition coefficient (Wildman–Crippen LogP) is 6.90. The molecule has 25 heavy (non-hydrogen) atoms. The highest BCUT2D eigenvalue weighted by molar-refractivity contribution is 8.16. The van der Waals surface area contributed by atoms with Crippen LogP contribution < -0.4 is 0 Å². The Morgan fingerprint density at radius 2 is 0.960 bits per heavy atom. The molecule has 0 nitrogen and oxygen atoms in total. The summed E-state index contributed by atoms with van der Waals surface area (Å²) in [7, 11) is 0. The topological polar surface area (TPSA) is 0 Å². The second-order valence-electron chi connectivity index (χ2n) is 5.91. The Morgan fingerprint density at radius 1 is 0.520 bits per heavy atom. The molecule has 1 heteroatoms. The summed E-state index contributed by atoms with van der Waals surface area (Å²) in [5.41, 5.74) is 4.96. The Balaban J connectivity index is 1.78. The Labute approximate surface area is 153 Å². The molecule has 0 radical (unpaired) electrons. The maximum absolute atomic E-state index is 2.28. The van der Waals surface area contributed by atoms with Crippen molar-refractivity contribution < 1.29 is 0 Å². The van der Waals surface area contributed by atoms with Crippen LogP contribution in [-0.4, -0.2) is 0 Å². The standard InChI is InChI=1S/C24H18S/c1-4-10-19(11-5-1)16-20-17-23(21-12-6-2-7-13-21)25-24(18-20)22-14-8-3-9-15-22/h1-18H. The maximum Gasteiger partial charge on any atom is 0.0200 e. The van der Waals surface area contributed by atoms with Crippen molar-refractivity contribution in [3.05, 3.63) is 125 Å². The second-order valence-corrected chi connectivity index (χ2v) is 6.99. The first-order valence-electron chi connectivity index (χ1n) is 8.37. The zero-order chi connectivity index (χ0) is 16.9. The molecule has 0 atom stereocenters. The third-order valence-electron chi connectivity index (χ3n) is 4.06. The molecule has 0 amide bonds. The molecule has 3 aromatic carbocycles.